The van der Waals surface area contributed by atoms with E-state index in [-0.39, 0.29) is 0 Å². The summed E-state index contributed by atoms with van der Waals surface area (Å²) in [5.74, 6) is 0.867. The van der Waals surface area contributed by atoms with Gasteiger partial charge in [0, 0.05) is 6.20 Å². The van der Waals surface area contributed by atoms with Crippen molar-refractivity contribution in [1.29, 1.82) is 0 Å². The molecule has 1 heterocycles. The Morgan fingerprint density at radius 1 is 1.27 bits per heavy atom. The van der Waals surface area contributed by atoms with Crippen molar-refractivity contribution in [3.05, 3.63) is 59.0 Å². The van der Waals surface area contributed by atoms with Crippen molar-refractivity contribution in [2.75, 3.05) is 6.54 Å². The molecule has 0 aromatic heterocycles. The maximum atomic E-state index is 5.84. The first-order valence-electron chi connectivity index (χ1n) is 4.81. The van der Waals surface area contributed by atoms with E-state index < -0.39 is 0 Å². The molecule has 2 nitrogen and oxygen atoms in total. The van der Waals surface area contributed by atoms with Gasteiger partial charge in [0.15, 0.2) is 0 Å². The van der Waals surface area contributed by atoms with Crippen LogP contribution in [0.5, 0.6) is 0 Å². The van der Waals surface area contributed by atoms with Gasteiger partial charge in [-0.1, -0.05) is 41.9 Å². The molecule has 1 aliphatic rings. The van der Waals surface area contributed by atoms with Gasteiger partial charge in [0.25, 0.3) is 0 Å². The third-order valence-electron chi connectivity index (χ3n) is 2.08. The standard InChI is InChI=1S/C12H12ClNO/c13-11-6-12(8-14-7-11)15-9-10-4-2-1-3-5-10/h1-7,14H,8-9H2. The van der Waals surface area contributed by atoms with Crippen LogP contribution in [0.1, 0.15) is 5.56 Å². The van der Waals surface area contributed by atoms with Crippen LogP contribution in [-0.4, -0.2) is 6.54 Å². The monoisotopic (exact) mass is 221 g/mol. The van der Waals surface area contributed by atoms with E-state index >= 15 is 0 Å². The highest BCUT2D eigenvalue weighted by Gasteiger charge is 2.04. The van der Waals surface area contributed by atoms with E-state index in [1.807, 2.05) is 36.4 Å². The van der Waals surface area contributed by atoms with Crippen LogP contribution in [0.4, 0.5) is 0 Å². The van der Waals surface area contributed by atoms with Gasteiger partial charge >= 0.3 is 0 Å². The van der Waals surface area contributed by atoms with E-state index in [0.717, 1.165) is 11.3 Å². The zero-order valence-electron chi connectivity index (χ0n) is 8.24. The van der Waals surface area contributed by atoms with Crippen LogP contribution in [0.2, 0.25) is 0 Å². The van der Waals surface area contributed by atoms with Gasteiger partial charge in [-0.2, -0.15) is 0 Å². The average Bonchev–Trinajstić information content (AvgIpc) is 2.28. The van der Waals surface area contributed by atoms with Crippen molar-refractivity contribution in [1.82, 2.24) is 5.32 Å². The van der Waals surface area contributed by atoms with Crippen LogP contribution >= 0.6 is 11.6 Å². The maximum absolute atomic E-state index is 5.84. The molecule has 2 rings (SSSR count). The zero-order valence-corrected chi connectivity index (χ0v) is 9.00. The minimum absolute atomic E-state index is 0.582. The summed E-state index contributed by atoms with van der Waals surface area (Å²) < 4.78 is 5.61. The fourth-order valence-corrected chi connectivity index (χ4v) is 1.54. The summed E-state index contributed by atoms with van der Waals surface area (Å²) in [4.78, 5) is 0. The largest absolute Gasteiger partial charge is 0.491 e. The molecule has 15 heavy (non-hydrogen) atoms. The number of nitrogens with one attached hydrogen (secondary N) is 1. The Morgan fingerprint density at radius 3 is 2.80 bits per heavy atom. The Hall–Kier alpha value is -1.41. The summed E-state index contributed by atoms with van der Waals surface area (Å²) >= 11 is 5.84. The van der Waals surface area contributed by atoms with E-state index in [1.54, 1.807) is 6.20 Å². The van der Waals surface area contributed by atoms with Gasteiger partial charge in [-0.05, 0) is 11.6 Å². The second kappa shape index (κ2) is 4.89. The number of halogens is 1. The van der Waals surface area contributed by atoms with Crippen LogP contribution in [0.25, 0.3) is 0 Å². The fraction of sp³-hybridized carbons (Fsp3) is 0.167. The van der Waals surface area contributed by atoms with Crippen molar-refractivity contribution >= 4 is 11.6 Å². The molecule has 1 aliphatic heterocycles. The molecular weight excluding hydrogens is 210 g/mol. The normalized spacial score (nSPS) is 15.0. The highest BCUT2D eigenvalue weighted by atomic mass is 35.5. The number of allylic oxidation sites excluding steroid dienone is 2. The summed E-state index contributed by atoms with van der Waals surface area (Å²) in [6, 6.07) is 10.1. The molecule has 1 aromatic rings. The first-order valence-corrected chi connectivity index (χ1v) is 5.19. The Bertz CT molecular complexity index is 384. The van der Waals surface area contributed by atoms with Gasteiger partial charge in [0.05, 0.1) is 11.6 Å². The van der Waals surface area contributed by atoms with Gasteiger partial charge in [0.1, 0.15) is 12.4 Å². The second-order valence-electron chi connectivity index (χ2n) is 3.30. The number of ether oxygens (including phenoxy) is 1. The summed E-state index contributed by atoms with van der Waals surface area (Å²) in [5.41, 5.74) is 1.16. The minimum atomic E-state index is 0.582. The van der Waals surface area contributed by atoms with Gasteiger partial charge in [0.2, 0.25) is 0 Å². The third kappa shape index (κ3) is 3.03. The highest BCUT2D eigenvalue weighted by molar-refractivity contribution is 6.31. The van der Waals surface area contributed by atoms with Crippen molar-refractivity contribution in [2.45, 2.75) is 6.61 Å². The predicted octanol–water partition coefficient (Wildman–Crippen LogP) is 2.77. The van der Waals surface area contributed by atoms with Crippen LogP contribution < -0.4 is 5.32 Å². The van der Waals surface area contributed by atoms with E-state index in [2.05, 4.69) is 5.32 Å². The lowest BCUT2D eigenvalue weighted by molar-refractivity contribution is 0.192. The third-order valence-corrected chi connectivity index (χ3v) is 2.30. The van der Waals surface area contributed by atoms with Crippen molar-refractivity contribution in [3.8, 4) is 0 Å². The fourth-order valence-electron chi connectivity index (χ4n) is 1.34. The molecule has 1 aromatic carbocycles. The molecule has 0 aliphatic carbocycles. The van der Waals surface area contributed by atoms with Crippen molar-refractivity contribution in [3.63, 3.8) is 0 Å². The molecule has 0 spiro atoms. The lowest BCUT2D eigenvalue weighted by atomic mass is 10.2. The summed E-state index contributed by atoms with van der Waals surface area (Å²) in [5, 5.41) is 3.70. The van der Waals surface area contributed by atoms with E-state index in [0.29, 0.717) is 18.2 Å². The lowest BCUT2D eigenvalue weighted by Gasteiger charge is -2.14. The number of benzene rings is 1. The highest BCUT2D eigenvalue weighted by Crippen LogP contribution is 2.13. The van der Waals surface area contributed by atoms with Crippen LogP contribution in [0.3, 0.4) is 0 Å². The van der Waals surface area contributed by atoms with E-state index in [1.165, 1.54) is 0 Å². The molecule has 0 bridgehead atoms. The number of rotatable bonds is 3. The molecule has 0 radical (unpaired) electrons. The van der Waals surface area contributed by atoms with Gasteiger partial charge in [-0.3, -0.25) is 0 Å². The minimum Gasteiger partial charge on any atom is -0.491 e. The average molecular weight is 222 g/mol. The Balaban J connectivity index is 1.91. The molecule has 0 saturated carbocycles. The van der Waals surface area contributed by atoms with Crippen molar-refractivity contribution < 1.29 is 4.74 Å². The molecular formula is C12H12ClNO. The zero-order chi connectivity index (χ0) is 10.5. The summed E-state index contributed by atoms with van der Waals surface area (Å²) in [6.07, 6.45) is 3.60. The predicted molar refractivity (Wildman–Crippen MR) is 61.3 cm³/mol. The Labute approximate surface area is 94.2 Å². The molecule has 0 saturated heterocycles. The molecule has 0 unspecified atom stereocenters. The van der Waals surface area contributed by atoms with Crippen LogP contribution in [0, 0.1) is 0 Å². The second-order valence-corrected chi connectivity index (χ2v) is 3.73. The molecule has 0 amide bonds. The lowest BCUT2D eigenvalue weighted by Crippen LogP contribution is -2.15. The van der Waals surface area contributed by atoms with Crippen molar-refractivity contribution in [2.24, 2.45) is 0 Å². The van der Waals surface area contributed by atoms with Gasteiger partial charge in [-0.15, -0.1) is 0 Å². The van der Waals surface area contributed by atoms with Crippen LogP contribution in [-0.2, 0) is 11.3 Å². The number of hydrogen-bond donors (Lipinski definition) is 1. The summed E-state index contributed by atoms with van der Waals surface area (Å²) in [7, 11) is 0. The quantitative estimate of drug-likeness (QED) is 0.848. The molecule has 1 N–H and O–H groups in total. The molecule has 78 valence electrons. The SMILES string of the molecule is ClC1=CNCC(OCc2ccccc2)=C1. The van der Waals surface area contributed by atoms with Gasteiger partial charge in [-0.25, -0.2) is 0 Å². The first kappa shape index (κ1) is 10.1. The van der Waals surface area contributed by atoms with E-state index in [4.69, 9.17) is 16.3 Å². The molecule has 0 fully saturated rings. The molecule has 3 heteroatoms. The number of dihydropyridines is 1. The topological polar surface area (TPSA) is 21.3 Å². The smallest absolute Gasteiger partial charge is 0.117 e. The van der Waals surface area contributed by atoms with E-state index in [9.17, 15) is 0 Å². The van der Waals surface area contributed by atoms with Gasteiger partial charge < -0.3 is 10.1 Å². The Morgan fingerprint density at radius 2 is 2.07 bits per heavy atom. The van der Waals surface area contributed by atoms with Crippen LogP contribution in [0.15, 0.2) is 53.4 Å². The first-order chi connectivity index (χ1) is 7.34. The Kier molecular flexibility index (Phi) is 3.30. The number of hydrogen-bond acceptors (Lipinski definition) is 2. The maximum Gasteiger partial charge on any atom is 0.117 e. The summed E-state index contributed by atoms with van der Waals surface area (Å²) in [6.45, 7) is 1.28. The molecule has 0 atom stereocenters.